The van der Waals surface area contributed by atoms with E-state index >= 15 is 0 Å². The molecule has 3 nitrogen and oxygen atoms in total. The van der Waals surface area contributed by atoms with E-state index < -0.39 is 0 Å². The average Bonchev–Trinajstić information content (AvgIpc) is 2.37. The molecule has 1 heterocycles. The van der Waals surface area contributed by atoms with Crippen LogP contribution in [0.2, 0.25) is 0 Å². The van der Waals surface area contributed by atoms with E-state index in [0.717, 1.165) is 0 Å². The molecule has 1 rings (SSSR count). The Bertz CT molecular complexity index is 202. The first kappa shape index (κ1) is 6.29. The summed E-state index contributed by atoms with van der Waals surface area (Å²) in [5, 5.41) is 3.89. The van der Waals surface area contributed by atoms with Gasteiger partial charge in [-0.25, -0.2) is 4.68 Å². The number of nitrogens with zero attached hydrogens (tertiary/aromatic N) is 3. The molecule has 0 saturated heterocycles. The van der Waals surface area contributed by atoms with Crippen LogP contribution in [0.1, 0.15) is 6.92 Å². The first-order valence-electron chi connectivity index (χ1n) is 2.50. The van der Waals surface area contributed by atoms with Crippen LogP contribution >= 0.6 is 11.8 Å². The third-order valence-electron chi connectivity index (χ3n) is 0.958. The van der Waals surface area contributed by atoms with Crippen LogP contribution in [0.15, 0.2) is 23.0 Å². The van der Waals surface area contributed by atoms with E-state index in [2.05, 4.69) is 9.61 Å². The van der Waals surface area contributed by atoms with E-state index in [4.69, 9.17) is 11.8 Å². The molecular formula is C5H6ClN3. The number of halogens is 1. The summed E-state index contributed by atoms with van der Waals surface area (Å²) in [7, 11) is 0. The number of rotatable bonds is 0. The van der Waals surface area contributed by atoms with Crippen LogP contribution in [0.3, 0.4) is 0 Å². The Morgan fingerprint density at radius 3 is 3.00 bits per heavy atom. The maximum Gasteiger partial charge on any atom is 0.141 e. The topological polar surface area (TPSA) is 30.2 Å². The Kier molecular flexibility index (Phi) is 1.85. The zero-order valence-electron chi connectivity index (χ0n) is 4.95. The molecule has 0 spiro atoms. The highest BCUT2D eigenvalue weighted by molar-refractivity contribution is 6.19. The van der Waals surface area contributed by atoms with Gasteiger partial charge in [0.1, 0.15) is 5.84 Å². The van der Waals surface area contributed by atoms with Crippen LogP contribution < -0.4 is 0 Å². The zero-order chi connectivity index (χ0) is 6.69. The summed E-state index contributed by atoms with van der Waals surface area (Å²) in [6.45, 7) is 1.78. The summed E-state index contributed by atoms with van der Waals surface area (Å²) < 4.78 is 5.01. The summed E-state index contributed by atoms with van der Waals surface area (Å²) in [5.74, 6) is 0.668. The molecular weight excluding hydrogens is 138 g/mol. The lowest BCUT2D eigenvalue weighted by Crippen LogP contribution is -2.05. The fraction of sp³-hybridized carbons (Fsp3) is 0.200. The summed E-state index contributed by atoms with van der Waals surface area (Å²) in [6.07, 6.45) is 3.45. The molecule has 0 aliphatic carbocycles. The van der Waals surface area contributed by atoms with Crippen LogP contribution in [0.4, 0.5) is 0 Å². The van der Waals surface area contributed by atoms with Gasteiger partial charge in [0.2, 0.25) is 0 Å². The van der Waals surface area contributed by atoms with Crippen LogP contribution in [-0.4, -0.2) is 15.6 Å². The van der Waals surface area contributed by atoms with E-state index in [1.165, 1.54) is 0 Å². The monoisotopic (exact) mass is 143 g/mol. The van der Waals surface area contributed by atoms with E-state index in [9.17, 15) is 0 Å². The van der Waals surface area contributed by atoms with Crippen molar-refractivity contribution >= 4 is 17.6 Å². The quantitative estimate of drug-likeness (QED) is 0.398. The van der Waals surface area contributed by atoms with Crippen LogP contribution in [0, 0.1) is 0 Å². The number of aromatic nitrogens is 2. The van der Waals surface area contributed by atoms with E-state index in [-0.39, 0.29) is 0 Å². The first-order valence-corrected chi connectivity index (χ1v) is 2.84. The van der Waals surface area contributed by atoms with Gasteiger partial charge < -0.3 is 0 Å². The van der Waals surface area contributed by atoms with Gasteiger partial charge in [0.15, 0.2) is 0 Å². The van der Waals surface area contributed by atoms with E-state index in [1.807, 2.05) is 6.07 Å². The minimum absolute atomic E-state index is 0.668. The van der Waals surface area contributed by atoms with Gasteiger partial charge in [0, 0.05) is 24.2 Å². The molecule has 48 valence electrons. The second-order valence-corrected chi connectivity index (χ2v) is 1.75. The molecule has 0 N–H and O–H groups in total. The lowest BCUT2D eigenvalue weighted by Gasteiger charge is -1.93. The van der Waals surface area contributed by atoms with Gasteiger partial charge in [-0.1, -0.05) is 0 Å². The van der Waals surface area contributed by atoms with Crippen molar-refractivity contribution in [1.29, 1.82) is 0 Å². The van der Waals surface area contributed by atoms with Crippen molar-refractivity contribution in [3.05, 3.63) is 18.5 Å². The van der Waals surface area contributed by atoms with Gasteiger partial charge in [0.25, 0.3) is 0 Å². The highest BCUT2D eigenvalue weighted by atomic mass is 35.5. The normalized spacial score (nSPS) is 12.0. The second-order valence-electron chi connectivity index (χ2n) is 1.58. The molecule has 0 aliphatic heterocycles. The van der Waals surface area contributed by atoms with E-state index in [0.29, 0.717) is 5.84 Å². The standard InChI is InChI=1S/C5H6ClN3/c1-5(8-6)9-4-2-3-7-9/h2-4H,1H3/b8-5-. The maximum atomic E-state index is 5.17. The molecule has 4 heteroatoms. The number of hydrogen-bond donors (Lipinski definition) is 0. The van der Waals surface area contributed by atoms with Crippen molar-refractivity contribution in [2.45, 2.75) is 6.92 Å². The molecule has 0 unspecified atom stereocenters. The average molecular weight is 144 g/mol. The van der Waals surface area contributed by atoms with Gasteiger partial charge in [-0.2, -0.15) is 9.61 Å². The Morgan fingerprint density at radius 1 is 1.78 bits per heavy atom. The fourth-order valence-electron chi connectivity index (χ4n) is 0.499. The molecule has 0 amide bonds. The van der Waals surface area contributed by atoms with Crippen molar-refractivity contribution in [3.63, 3.8) is 0 Å². The summed E-state index contributed by atoms with van der Waals surface area (Å²) in [5.41, 5.74) is 0. The smallest absolute Gasteiger partial charge is 0.141 e. The van der Waals surface area contributed by atoms with Gasteiger partial charge in [-0.3, -0.25) is 0 Å². The molecule has 0 radical (unpaired) electrons. The molecule has 1 aromatic heterocycles. The summed E-state index contributed by atoms with van der Waals surface area (Å²) >= 11 is 5.17. The van der Waals surface area contributed by atoms with Crippen LogP contribution in [0.25, 0.3) is 0 Å². The van der Waals surface area contributed by atoms with Gasteiger partial charge >= 0.3 is 0 Å². The summed E-state index contributed by atoms with van der Waals surface area (Å²) in [4.78, 5) is 0. The van der Waals surface area contributed by atoms with E-state index in [1.54, 1.807) is 24.0 Å². The minimum atomic E-state index is 0.668. The fourth-order valence-corrected chi connectivity index (χ4v) is 0.576. The predicted molar refractivity (Wildman–Crippen MR) is 36.6 cm³/mol. The SMILES string of the molecule is C/C(=N/Cl)n1cccn1. The first-order chi connectivity index (χ1) is 4.34. The zero-order valence-corrected chi connectivity index (χ0v) is 5.71. The van der Waals surface area contributed by atoms with Crippen LogP contribution in [-0.2, 0) is 0 Å². The third kappa shape index (κ3) is 1.29. The Morgan fingerprint density at radius 2 is 2.56 bits per heavy atom. The molecule has 0 aliphatic rings. The Labute approximate surface area is 58.1 Å². The molecule has 0 atom stereocenters. The van der Waals surface area contributed by atoms with Crippen molar-refractivity contribution in [1.82, 2.24) is 9.78 Å². The molecule has 0 bridgehead atoms. The van der Waals surface area contributed by atoms with Gasteiger partial charge in [0.05, 0.1) is 0 Å². The molecule has 9 heavy (non-hydrogen) atoms. The van der Waals surface area contributed by atoms with Gasteiger partial charge in [-0.15, -0.1) is 0 Å². The summed E-state index contributed by atoms with van der Waals surface area (Å²) in [6, 6.07) is 1.81. The highest BCUT2D eigenvalue weighted by Gasteiger charge is 1.90. The molecule has 0 fully saturated rings. The lowest BCUT2D eigenvalue weighted by molar-refractivity contribution is 0.930. The highest BCUT2D eigenvalue weighted by Crippen LogP contribution is 1.87. The number of hydrogen-bond acceptors (Lipinski definition) is 2. The second kappa shape index (κ2) is 2.64. The van der Waals surface area contributed by atoms with Crippen molar-refractivity contribution < 1.29 is 0 Å². The largest absolute Gasteiger partial charge is 0.226 e. The minimum Gasteiger partial charge on any atom is -0.226 e. The molecule has 0 aromatic carbocycles. The Hall–Kier alpha value is -0.830. The van der Waals surface area contributed by atoms with Gasteiger partial charge in [-0.05, 0) is 13.0 Å². The van der Waals surface area contributed by atoms with Crippen LogP contribution in [0.5, 0.6) is 0 Å². The van der Waals surface area contributed by atoms with Crippen molar-refractivity contribution in [2.24, 2.45) is 4.51 Å². The van der Waals surface area contributed by atoms with Crippen molar-refractivity contribution in [3.8, 4) is 0 Å². The maximum absolute atomic E-state index is 5.17. The predicted octanol–water partition coefficient (Wildman–Crippen LogP) is 1.30. The third-order valence-corrected chi connectivity index (χ3v) is 1.20. The molecule has 0 saturated carbocycles. The Balaban J connectivity index is 2.90. The molecule has 1 aromatic rings. The van der Waals surface area contributed by atoms with Crippen molar-refractivity contribution in [2.75, 3.05) is 0 Å². The lowest BCUT2D eigenvalue weighted by atomic mass is 10.7.